The molecular weight excluding hydrogens is 373 g/mol. The maximum Gasteiger partial charge on any atom is 0.261 e. The molecule has 0 unspecified atom stereocenters. The molecule has 4 aromatic rings. The van der Waals surface area contributed by atoms with E-state index in [4.69, 9.17) is 0 Å². The second-order valence-corrected chi connectivity index (χ2v) is 7.16. The third kappa shape index (κ3) is 3.40. The van der Waals surface area contributed by atoms with Crippen molar-refractivity contribution in [3.8, 4) is 11.4 Å². The van der Waals surface area contributed by atoms with E-state index in [1.54, 1.807) is 24.4 Å². The van der Waals surface area contributed by atoms with Crippen molar-refractivity contribution >= 4 is 15.7 Å². The average molecular weight is 385 g/mol. The maximum atomic E-state index is 14.3. The number of tetrazole rings is 1. The van der Waals surface area contributed by atoms with Gasteiger partial charge in [-0.05, 0) is 46.8 Å². The van der Waals surface area contributed by atoms with E-state index in [9.17, 15) is 12.8 Å². The van der Waals surface area contributed by atoms with E-state index < -0.39 is 15.8 Å². The second kappa shape index (κ2) is 6.61. The lowest BCUT2D eigenvalue weighted by Crippen LogP contribution is -2.14. The van der Waals surface area contributed by atoms with Crippen molar-refractivity contribution in [3.05, 3.63) is 73.1 Å². The first kappa shape index (κ1) is 16.8. The molecule has 0 atom stereocenters. The van der Waals surface area contributed by atoms with Gasteiger partial charge in [-0.15, -0.1) is 5.10 Å². The number of nitrogens with zero attached hydrogens (tertiary/aromatic N) is 6. The Morgan fingerprint density at radius 3 is 2.63 bits per heavy atom. The number of hydrogen-bond donors (Lipinski definition) is 1. The smallest absolute Gasteiger partial charge is 0.261 e. The zero-order chi connectivity index (χ0) is 18.9. The summed E-state index contributed by atoms with van der Waals surface area (Å²) >= 11 is 0. The van der Waals surface area contributed by atoms with Crippen LogP contribution in [0.4, 0.5) is 10.1 Å². The first-order valence-electron chi connectivity index (χ1n) is 7.69. The summed E-state index contributed by atoms with van der Waals surface area (Å²) in [7, 11) is -3.93. The fourth-order valence-corrected chi connectivity index (χ4v) is 3.54. The Balaban J connectivity index is 1.62. The van der Waals surface area contributed by atoms with Gasteiger partial charge >= 0.3 is 0 Å². The second-order valence-electron chi connectivity index (χ2n) is 5.47. The van der Waals surface area contributed by atoms with Crippen LogP contribution in [0.3, 0.4) is 0 Å². The zero-order valence-electron chi connectivity index (χ0n) is 13.6. The van der Waals surface area contributed by atoms with Crippen molar-refractivity contribution in [3.63, 3.8) is 0 Å². The summed E-state index contributed by atoms with van der Waals surface area (Å²) in [6, 6.07) is 11.7. The summed E-state index contributed by atoms with van der Waals surface area (Å²) in [5, 5.41) is 14.7. The van der Waals surface area contributed by atoms with Crippen LogP contribution in [0.5, 0.6) is 0 Å². The molecule has 1 N–H and O–H groups in total. The standard InChI is InChI=1S/C16H12FN7O2S/c17-15-9-12(5-6-16(15)23-8-2-7-19-23)20-27(25,26)14-4-1-3-13(10-14)24-11-18-21-22-24/h1-11,20H. The summed E-state index contributed by atoms with van der Waals surface area (Å²) < 4.78 is 44.6. The lowest BCUT2D eigenvalue weighted by Gasteiger charge is -2.11. The van der Waals surface area contributed by atoms with Gasteiger partial charge in [-0.2, -0.15) is 5.10 Å². The molecule has 2 heterocycles. The van der Waals surface area contributed by atoms with E-state index in [0.717, 1.165) is 6.07 Å². The zero-order valence-corrected chi connectivity index (χ0v) is 14.5. The molecule has 0 amide bonds. The van der Waals surface area contributed by atoms with E-state index in [1.165, 1.54) is 46.2 Å². The monoisotopic (exact) mass is 385 g/mol. The highest BCUT2D eigenvalue weighted by Gasteiger charge is 2.16. The number of nitrogens with one attached hydrogen (secondary N) is 1. The molecule has 0 aliphatic carbocycles. The van der Waals surface area contributed by atoms with Gasteiger partial charge in [0.1, 0.15) is 12.0 Å². The molecule has 4 rings (SSSR count). The van der Waals surface area contributed by atoms with Gasteiger partial charge in [0.2, 0.25) is 0 Å². The van der Waals surface area contributed by atoms with Crippen LogP contribution in [-0.2, 0) is 10.0 Å². The first-order chi connectivity index (χ1) is 13.0. The molecule has 11 heteroatoms. The predicted molar refractivity (Wildman–Crippen MR) is 93.5 cm³/mol. The minimum Gasteiger partial charge on any atom is -0.280 e. The normalized spacial score (nSPS) is 11.4. The Hall–Kier alpha value is -3.60. The van der Waals surface area contributed by atoms with Crippen molar-refractivity contribution in [1.29, 1.82) is 0 Å². The van der Waals surface area contributed by atoms with Gasteiger partial charge in [0.05, 0.1) is 16.3 Å². The molecular formula is C16H12FN7O2S. The lowest BCUT2D eigenvalue weighted by molar-refractivity contribution is 0.600. The Kier molecular flexibility index (Phi) is 4.12. The first-order valence-corrected chi connectivity index (χ1v) is 9.17. The third-order valence-corrected chi connectivity index (χ3v) is 5.07. The maximum absolute atomic E-state index is 14.3. The minimum absolute atomic E-state index is 0.00735. The molecule has 0 fully saturated rings. The fraction of sp³-hybridized carbons (Fsp3) is 0. The summed E-state index contributed by atoms with van der Waals surface area (Å²) in [5.74, 6) is -0.610. The summed E-state index contributed by atoms with van der Waals surface area (Å²) in [6.45, 7) is 0. The summed E-state index contributed by atoms with van der Waals surface area (Å²) in [5.41, 5.74) is 0.781. The highest BCUT2D eigenvalue weighted by Crippen LogP contribution is 2.22. The van der Waals surface area contributed by atoms with Crippen LogP contribution in [0.25, 0.3) is 11.4 Å². The quantitative estimate of drug-likeness (QED) is 0.561. The lowest BCUT2D eigenvalue weighted by atomic mass is 10.3. The number of rotatable bonds is 5. The Morgan fingerprint density at radius 1 is 1.04 bits per heavy atom. The van der Waals surface area contributed by atoms with Crippen LogP contribution in [0.15, 0.2) is 72.1 Å². The van der Waals surface area contributed by atoms with Crippen LogP contribution < -0.4 is 4.72 Å². The molecule has 9 nitrogen and oxygen atoms in total. The van der Waals surface area contributed by atoms with E-state index in [1.807, 2.05) is 0 Å². The van der Waals surface area contributed by atoms with Crippen molar-refractivity contribution in [1.82, 2.24) is 30.0 Å². The van der Waals surface area contributed by atoms with Crippen molar-refractivity contribution in [2.45, 2.75) is 4.90 Å². The molecule has 136 valence electrons. The van der Waals surface area contributed by atoms with Gasteiger partial charge in [-0.25, -0.2) is 22.2 Å². The molecule has 27 heavy (non-hydrogen) atoms. The van der Waals surface area contributed by atoms with Gasteiger partial charge in [-0.3, -0.25) is 4.72 Å². The molecule has 2 aromatic heterocycles. The highest BCUT2D eigenvalue weighted by atomic mass is 32.2. The van der Waals surface area contributed by atoms with Gasteiger partial charge < -0.3 is 0 Å². The molecule has 2 aromatic carbocycles. The predicted octanol–water partition coefficient (Wildman–Crippen LogP) is 1.79. The van der Waals surface area contributed by atoms with Crippen LogP contribution in [0.2, 0.25) is 0 Å². The summed E-state index contributed by atoms with van der Waals surface area (Å²) in [6.07, 6.45) is 4.46. The van der Waals surface area contributed by atoms with Crippen molar-refractivity contribution < 1.29 is 12.8 Å². The number of anilines is 1. The number of aromatic nitrogens is 6. The van der Waals surface area contributed by atoms with Crippen molar-refractivity contribution in [2.24, 2.45) is 0 Å². The van der Waals surface area contributed by atoms with Crippen LogP contribution in [0, 0.1) is 5.82 Å². The molecule has 0 aliphatic heterocycles. The van der Waals surface area contributed by atoms with Gasteiger partial charge in [0.15, 0.2) is 5.82 Å². The van der Waals surface area contributed by atoms with E-state index in [0.29, 0.717) is 5.69 Å². The van der Waals surface area contributed by atoms with Crippen molar-refractivity contribution in [2.75, 3.05) is 4.72 Å². The van der Waals surface area contributed by atoms with E-state index >= 15 is 0 Å². The molecule has 0 radical (unpaired) electrons. The topological polar surface area (TPSA) is 108 Å². The number of sulfonamides is 1. The molecule has 0 saturated heterocycles. The molecule has 0 aliphatic rings. The van der Waals surface area contributed by atoms with Crippen LogP contribution >= 0.6 is 0 Å². The van der Waals surface area contributed by atoms with Crippen LogP contribution in [0.1, 0.15) is 0 Å². The van der Waals surface area contributed by atoms with Gasteiger partial charge in [0, 0.05) is 18.5 Å². The molecule has 0 spiro atoms. The number of benzene rings is 2. The van der Waals surface area contributed by atoms with Gasteiger partial charge in [-0.1, -0.05) is 6.07 Å². The van der Waals surface area contributed by atoms with Crippen LogP contribution in [-0.4, -0.2) is 38.4 Å². The molecule has 0 bridgehead atoms. The highest BCUT2D eigenvalue weighted by molar-refractivity contribution is 7.92. The Bertz CT molecular complexity index is 1180. The fourth-order valence-electron chi connectivity index (χ4n) is 2.45. The Morgan fingerprint density at radius 2 is 1.93 bits per heavy atom. The number of halogens is 1. The number of hydrogen-bond acceptors (Lipinski definition) is 6. The van der Waals surface area contributed by atoms with E-state index in [2.05, 4.69) is 25.3 Å². The average Bonchev–Trinajstić information content (AvgIpc) is 3.36. The third-order valence-electron chi connectivity index (χ3n) is 3.69. The summed E-state index contributed by atoms with van der Waals surface area (Å²) in [4.78, 5) is -0.00735. The Labute approximate surface area is 153 Å². The largest absolute Gasteiger partial charge is 0.280 e. The minimum atomic E-state index is -3.93. The SMILES string of the molecule is O=S(=O)(Nc1ccc(-n2cccn2)c(F)c1)c1cccc(-n2cnnn2)c1. The molecule has 0 saturated carbocycles. The van der Waals surface area contributed by atoms with E-state index in [-0.39, 0.29) is 16.3 Å². The van der Waals surface area contributed by atoms with Gasteiger partial charge in [0.25, 0.3) is 10.0 Å².